The molecule has 0 aromatic heterocycles. The molecule has 1 fully saturated rings. The van der Waals surface area contributed by atoms with Gasteiger partial charge in [-0.2, -0.15) is 5.26 Å². The molecule has 108 valence electrons. The molecule has 3 nitrogen and oxygen atoms in total. The van der Waals surface area contributed by atoms with Crippen molar-refractivity contribution in [3.63, 3.8) is 0 Å². The SMILES string of the molecule is CCOC1CC(Nc2ccc(Br)cc2C#N)C1(C)CC. The van der Waals surface area contributed by atoms with Crippen LogP contribution in [0.2, 0.25) is 0 Å². The third kappa shape index (κ3) is 2.70. The zero-order chi connectivity index (χ0) is 14.8. The van der Waals surface area contributed by atoms with Crippen molar-refractivity contribution in [1.29, 1.82) is 5.26 Å². The molecule has 1 aliphatic carbocycles. The highest BCUT2D eigenvalue weighted by Crippen LogP contribution is 2.47. The van der Waals surface area contributed by atoms with E-state index in [4.69, 9.17) is 4.74 Å². The quantitative estimate of drug-likeness (QED) is 0.870. The highest BCUT2D eigenvalue weighted by atomic mass is 79.9. The molecule has 2 rings (SSSR count). The van der Waals surface area contributed by atoms with Crippen molar-refractivity contribution in [2.24, 2.45) is 5.41 Å². The lowest BCUT2D eigenvalue weighted by molar-refractivity contribution is -0.109. The van der Waals surface area contributed by atoms with Gasteiger partial charge in [-0.15, -0.1) is 0 Å². The highest BCUT2D eigenvalue weighted by Gasteiger charge is 2.51. The number of halogens is 1. The Bertz CT molecular complexity index is 526. The van der Waals surface area contributed by atoms with Crippen LogP contribution in [0, 0.1) is 16.7 Å². The molecule has 0 saturated heterocycles. The smallest absolute Gasteiger partial charge is 0.101 e. The lowest BCUT2D eigenvalue weighted by Gasteiger charge is -2.54. The maximum absolute atomic E-state index is 9.23. The minimum Gasteiger partial charge on any atom is -0.380 e. The first-order valence-electron chi connectivity index (χ1n) is 7.13. The molecule has 1 saturated carbocycles. The lowest BCUT2D eigenvalue weighted by atomic mass is 9.61. The van der Waals surface area contributed by atoms with Gasteiger partial charge in [0.05, 0.1) is 17.4 Å². The molecule has 1 N–H and O–H groups in total. The van der Waals surface area contributed by atoms with E-state index in [1.807, 2.05) is 25.1 Å². The van der Waals surface area contributed by atoms with E-state index in [1.165, 1.54) is 0 Å². The van der Waals surface area contributed by atoms with Crippen LogP contribution in [0.1, 0.15) is 39.2 Å². The summed E-state index contributed by atoms with van der Waals surface area (Å²) in [5, 5.41) is 12.8. The molecule has 1 aromatic rings. The molecule has 20 heavy (non-hydrogen) atoms. The van der Waals surface area contributed by atoms with Crippen LogP contribution in [-0.4, -0.2) is 18.8 Å². The summed E-state index contributed by atoms with van der Waals surface area (Å²) in [6, 6.07) is 8.39. The molecule has 3 atom stereocenters. The summed E-state index contributed by atoms with van der Waals surface area (Å²) in [7, 11) is 0. The van der Waals surface area contributed by atoms with E-state index in [0.717, 1.165) is 29.6 Å². The molecule has 1 aliphatic rings. The molecule has 0 amide bonds. The van der Waals surface area contributed by atoms with Crippen molar-refractivity contribution in [2.75, 3.05) is 11.9 Å². The molecule has 0 radical (unpaired) electrons. The number of benzene rings is 1. The molecule has 0 spiro atoms. The Kier molecular flexibility index (Phi) is 4.72. The largest absolute Gasteiger partial charge is 0.380 e. The van der Waals surface area contributed by atoms with Crippen molar-refractivity contribution >= 4 is 21.6 Å². The Balaban J connectivity index is 2.14. The van der Waals surface area contributed by atoms with Gasteiger partial charge in [0.15, 0.2) is 0 Å². The van der Waals surface area contributed by atoms with Gasteiger partial charge in [-0.3, -0.25) is 0 Å². The number of anilines is 1. The van der Waals surface area contributed by atoms with Crippen molar-refractivity contribution in [3.8, 4) is 6.07 Å². The molecule has 1 aromatic carbocycles. The molecule has 0 heterocycles. The first-order chi connectivity index (χ1) is 9.55. The topological polar surface area (TPSA) is 45.0 Å². The zero-order valence-electron chi connectivity index (χ0n) is 12.2. The predicted octanol–water partition coefficient (Wildman–Crippen LogP) is 4.33. The van der Waals surface area contributed by atoms with E-state index >= 15 is 0 Å². The Morgan fingerprint density at radius 2 is 2.25 bits per heavy atom. The van der Waals surface area contributed by atoms with Crippen LogP contribution in [0.4, 0.5) is 5.69 Å². The van der Waals surface area contributed by atoms with Crippen molar-refractivity contribution in [2.45, 2.75) is 45.8 Å². The van der Waals surface area contributed by atoms with Crippen LogP contribution < -0.4 is 5.32 Å². The van der Waals surface area contributed by atoms with Crippen LogP contribution in [0.5, 0.6) is 0 Å². The molecule has 4 heteroatoms. The summed E-state index contributed by atoms with van der Waals surface area (Å²) in [5.41, 5.74) is 1.73. The number of nitrogens with zero attached hydrogens (tertiary/aromatic N) is 1. The van der Waals surface area contributed by atoms with Gasteiger partial charge in [-0.25, -0.2) is 0 Å². The maximum Gasteiger partial charge on any atom is 0.101 e. The summed E-state index contributed by atoms with van der Waals surface area (Å²) in [6.07, 6.45) is 2.38. The minimum absolute atomic E-state index is 0.135. The Hall–Kier alpha value is -1.05. The van der Waals surface area contributed by atoms with Gasteiger partial charge in [-0.1, -0.05) is 29.8 Å². The molecular weight excluding hydrogens is 316 g/mol. The summed E-state index contributed by atoms with van der Waals surface area (Å²) in [5.74, 6) is 0. The van der Waals surface area contributed by atoms with Crippen LogP contribution >= 0.6 is 15.9 Å². The van der Waals surface area contributed by atoms with E-state index in [9.17, 15) is 5.26 Å². The lowest BCUT2D eigenvalue weighted by Crippen LogP contribution is -2.59. The molecule has 3 unspecified atom stereocenters. The Labute approximate surface area is 129 Å². The Morgan fingerprint density at radius 1 is 1.50 bits per heavy atom. The normalized spacial score (nSPS) is 28.6. The predicted molar refractivity (Wildman–Crippen MR) is 84.7 cm³/mol. The first kappa shape index (κ1) is 15.3. The van der Waals surface area contributed by atoms with Crippen LogP contribution in [0.3, 0.4) is 0 Å². The van der Waals surface area contributed by atoms with Crippen molar-refractivity contribution in [3.05, 3.63) is 28.2 Å². The fraction of sp³-hybridized carbons (Fsp3) is 0.562. The van der Waals surface area contributed by atoms with E-state index in [1.54, 1.807) is 0 Å². The monoisotopic (exact) mass is 336 g/mol. The van der Waals surface area contributed by atoms with Crippen molar-refractivity contribution < 1.29 is 4.74 Å². The number of nitriles is 1. The van der Waals surface area contributed by atoms with Gasteiger partial charge < -0.3 is 10.1 Å². The molecule has 0 bridgehead atoms. The van der Waals surface area contributed by atoms with E-state index < -0.39 is 0 Å². The van der Waals surface area contributed by atoms with E-state index in [2.05, 4.69) is 41.2 Å². The maximum atomic E-state index is 9.23. The fourth-order valence-corrected chi connectivity index (χ4v) is 3.26. The number of rotatable bonds is 5. The summed E-state index contributed by atoms with van der Waals surface area (Å²) >= 11 is 3.40. The second-order valence-electron chi connectivity index (χ2n) is 5.54. The molecule has 0 aliphatic heterocycles. The highest BCUT2D eigenvalue weighted by molar-refractivity contribution is 9.10. The van der Waals surface area contributed by atoms with Gasteiger partial charge in [0, 0.05) is 22.5 Å². The number of hydrogen-bond acceptors (Lipinski definition) is 3. The van der Waals surface area contributed by atoms with Gasteiger partial charge in [0.1, 0.15) is 6.07 Å². The third-order valence-electron chi connectivity index (χ3n) is 4.54. The van der Waals surface area contributed by atoms with E-state index in [-0.39, 0.29) is 5.41 Å². The van der Waals surface area contributed by atoms with Gasteiger partial charge >= 0.3 is 0 Å². The standard InChI is InChI=1S/C16H21BrN2O/c1-4-16(3)14(9-15(16)20-5-2)19-13-7-6-12(17)8-11(13)10-18/h6-8,14-15,19H,4-5,9H2,1-3H3. The van der Waals surface area contributed by atoms with Crippen LogP contribution in [0.25, 0.3) is 0 Å². The summed E-state index contributed by atoms with van der Waals surface area (Å²) in [4.78, 5) is 0. The summed E-state index contributed by atoms with van der Waals surface area (Å²) in [6.45, 7) is 7.26. The van der Waals surface area contributed by atoms with Gasteiger partial charge in [-0.05, 0) is 38.0 Å². The van der Waals surface area contributed by atoms with Crippen LogP contribution in [0.15, 0.2) is 22.7 Å². The fourth-order valence-electron chi connectivity index (χ4n) is 2.90. The average molecular weight is 337 g/mol. The summed E-state index contributed by atoms with van der Waals surface area (Å²) < 4.78 is 6.74. The second-order valence-corrected chi connectivity index (χ2v) is 6.45. The Morgan fingerprint density at radius 3 is 2.85 bits per heavy atom. The van der Waals surface area contributed by atoms with Crippen molar-refractivity contribution in [1.82, 2.24) is 0 Å². The number of hydrogen-bond donors (Lipinski definition) is 1. The van der Waals surface area contributed by atoms with Gasteiger partial charge in [0.2, 0.25) is 0 Å². The van der Waals surface area contributed by atoms with Crippen LogP contribution in [-0.2, 0) is 4.74 Å². The number of nitrogens with one attached hydrogen (secondary N) is 1. The van der Waals surface area contributed by atoms with E-state index in [0.29, 0.717) is 17.7 Å². The minimum atomic E-state index is 0.135. The zero-order valence-corrected chi connectivity index (χ0v) is 13.8. The third-order valence-corrected chi connectivity index (χ3v) is 5.04. The first-order valence-corrected chi connectivity index (χ1v) is 7.92. The second kappa shape index (κ2) is 6.15. The average Bonchev–Trinajstić information content (AvgIpc) is 2.46. The number of ether oxygens (including phenoxy) is 1. The van der Waals surface area contributed by atoms with Gasteiger partial charge in [0.25, 0.3) is 0 Å². The molecular formula is C16H21BrN2O.